The van der Waals surface area contributed by atoms with Gasteiger partial charge in [0.2, 0.25) is 0 Å². The predicted octanol–water partition coefficient (Wildman–Crippen LogP) is 1.31. The Bertz CT molecular complexity index is 404. The summed E-state index contributed by atoms with van der Waals surface area (Å²) in [6, 6.07) is 6.93. The van der Waals surface area contributed by atoms with E-state index in [0.717, 1.165) is 51.4 Å². The summed E-state index contributed by atoms with van der Waals surface area (Å²) in [7, 11) is 0. The molecule has 1 unspecified atom stereocenters. The molecule has 0 saturated carbocycles. The smallest absolute Gasteiger partial charge is 0.123 e. The highest BCUT2D eigenvalue weighted by atomic mass is 19.1. The Balaban J connectivity index is 1.74. The minimum absolute atomic E-state index is 0.184. The number of hydrogen-bond donors (Lipinski definition) is 2. The average molecular weight is 295 g/mol. The van der Waals surface area contributed by atoms with Crippen molar-refractivity contribution in [1.29, 1.82) is 0 Å². The molecule has 1 fully saturated rings. The molecule has 1 heterocycles. The summed E-state index contributed by atoms with van der Waals surface area (Å²) in [4.78, 5) is 4.73. The molecule has 5 heteroatoms. The highest BCUT2D eigenvalue weighted by Gasteiger charge is 2.18. The molecule has 0 aromatic heterocycles. The van der Waals surface area contributed by atoms with Gasteiger partial charge in [-0.05, 0) is 43.8 Å². The van der Waals surface area contributed by atoms with Gasteiger partial charge in [-0.3, -0.25) is 4.90 Å². The second-order valence-corrected chi connectivity index (χ2v) is 5.53. The molecule has 2 rings (SSSR count). The molecule has 1 aliphatic heterocycles. The van der Waals surface area contributed by atoms with E-state index < -0.39 is 0 Å². The van der Waals surface area contributed by atoms with Gasteiger partial charge in [-0.25, -0.2) is 4.39 Å². The number of rotatable bonds is 7. The lowest BCUT2D eigenvalue weighted by molar-refractivity contribution is 0.201. The first-order valence-electron chi connectivity index (χ1n) is 7.80. The van der Waals surface area contributed by atoms with E-state index in [1.807, 2.05) is 12.1 Å². The van der Waals surface area contributed by atoms with Crippen molar-refractivity contribution in [2.24, 2.45) is 0 Å². The van der Waals surface area contributed by atoms with Crippen molar-refractivity contribution in [1.82, 2.24) is 10.2 Å². The number of piperazine rings is 1. The summed E-state index contributed by atoms with van der Waals surface area (Å²) in [5.74, 6) is -0.184. The second-order valence-electron chi connectivity index (χ2n) is 5.53. The maximum Gasteiger partial charge on any atom is 0.123 e. The predicted molar refractivity (Wildman–Crippen MR) is 84.2 cm³/mol. The lowest BCUT2D eigenvalue weighted by Gasteiger charge is -2.36. The zero-order chi connectivity index (χ0) is 15.1. The minimum atomic E-state index is -0.184. The van der Waals surface area contributed by atoms with Crippen LogP contribution in [-0.4, -0.2) is 61.9 Å². The Hall–Kier alpha value is -1.17. The number of hydrogen-bond acceptors (Lipinski definition) is 4. The van der Waals surface area contributed by atoms with Crippen LogP contribution in [0.1, 0.15) is 13.3 Å². The molecule has 118 valence electrons. The highest BCUT2D eigenvalue weighted by Crippen LogP contribution is 2.17. The number of nitrogens with zero attached hydrogens (tertiary/aromatic N) is 2. The number of likely N-dealkylation sites (N-methyl/N-ethyl adjacent to an activating group) is 1. The van der Waals surface area contributed by atoms with Gasteiger partial charge in [0.1, 0.15) is 5.82 Å². The lowest BCUT2D eigenvalue weighted by atomic mass is 10.2. The monoisotopic (exact) mass is 295 g/mol. The zero-order valence-corrected chi connectivity index (χ0v) is 12.8. The van der Waals surface area contributed by atoms with Crippen molar-refractivity contribution >= 4 is 5.69 Å². The third-order valence-corrected chi connectivity index (χ3v) is 4.07. The van der Waals surface area contributed by atoms with Gasteiger partial charge in [-0.15, -0.1) is 0 Å². The molecule has 2 N–H and O–H groups in total. The van der Waals surface area contributed by atoms with Crippen LogP contribution in [0.3, 0.4) is 0 Å². The third kappa shape index (κ3) is 4.95. The molecule has 21 heavy (non-hydrogen) atoms. The van der Waals surface area contributed by atoms with Crippen molar-refractivity contribution < 1.29 is 9.50 Å². The number of aliphatic hydroxyl groups excluding tert-OH is 1. The molecule has 0 spiro atoms. The van der Waals surface area contributed by atoms with Crippen LogP contribution in [0.5, 0.6) is 0 Å². The maximum absolute atomic E-state index is 12.9. The number of nitrogens with one attached hydrogen (secondary N) is 1. The fourth-order valence-electron chi connectivity index (χ4n) is 2.77. The normalized spacial score (nSPS) is 18.0. The van der Waals surface area contributed by atoms with Crippen LogP contribution in [-0.2, 0) is 0 Å². The fourth-order valence-corrected chi connectivity index (χ4v) is 2.77. The second kappa shape index (κ2) is 8.32. The standard InChI is InChI=1S/C16H26FN3O/c1-2-18-15(13-21)7-8-19-9-11-20(12-10-19)16-5-3-14(17)4-6-16/h3-6,15,18,21H,2,7-13H2,1H3. The molecular formula is C16H26FN3O. The number of benzene rings is 1. The molecule has 1 aromatic carbocycles. The quantitative estimate of drug-likeness (QED) is 0.795. The van der Waals surface area contributed by atoms with E-state index in [1.165, 1.54) is 12.1 Å². The molecular weight excluding hydrogens is 269 g/mol. The average Bonchev–Trinajstić information content (AvgIpc) is 2.53. The van der Waals surface area contributed by atoms with Crippen LogP contribution in [0.2, 0.25) is 0 Å². The summed E-state index contributed by atoms with van der Waals surface area (Å²) < 4.78 is 12.9. The number of anilines is 1. The molecule has 1 aliphatic rings. The summed E-state index contributed by atoms with van der Waals surface area (Å²) in [6.45, 7) is 8.13. The molecule has 0 bridgehead atoms. The molecule has 1 atom stereocenters. The number of aliphatic hydroxyl groups is 1. The molecule has 0 amide bonds. The molecule has 1 aromatic rings. The van der Waals surface area contributed by atoms with Gasteiger partial charge < -0.3 is 15.3 Å². The summed E-state index contributed by atoms with van der Waals surface area (Å²) >= 11 is 0. The van der Waals surface area contributed by atoms with Gasteiger partial charge in [0, 0.05) is 37.9 Å². The van der Waals surface area contributed by atoms with Gasteiger partial charge in [-0.2, -0.15) is 0 Å². The molecule has 1 saturated heterocycles. The Labute approximate surface area is 126 Å². The van der Waals surface area contributed by atoms with E-state index >= 15 is 0 Å². The van der Waals surface area contributed by atoms with E-state index in [9.17, 15) is 9.50 Å². The zero-order valence-electron chi connectivity index (χ0n) is 12.8. The van der Waals surface area contributed by atoms with Gasteiger partial charge >= 0.3 is 0 Å². The van der Waals surface area contributed by atoms with Crippen molar-refractivity contribution in [2.45, 2.75) is 19.4 Å². The van der Waals surface area contributed by atoms with Gasteiger partial charge in [-0.1, -0.05) is 6.92 Å². The highest BCUT2D eigenvalue weighted by molar-refractivity contribution is 5.46. The van der Waals surface area contributed by atoms with Crippen molar-refractivity contribution in [2.75, 3.05) is 50.8 Å². The van der Waals surface area contributed by atoms with Crippen LogP contribution >= 0.6 is 0 Å². The van der Waals surface area contributed by atoms with Crippen LogP contribution in [0.4, 0.5) is 10.1 Å². The third-order valence-electron chi connectivity index (χ3n) is 4.07. The van der Waals surface area contributed by atoms with Crippen LogP contribution < -0.4 is 10.2 Å². The molecule has 4 nitrogen and oxygen atoms in total. The van der Waals surface area contributed by atoms with Crippen LogP contribution in [0.25, 0.3) is 0 Å². The first kappa shape index (κ1) is 16.2. The summed E-state index contributed by atoms with van der Waals surface area (Å²) in [5, 5.41) is 12.6. The van der Waals surface area contributed by atoms with Crippen LogP contribution in [0, 0.1) is 5.82 Å². The van der Waals surface area contributed by atoms with Crippen molar-refractivity contribution in [3.05, 3.63) is 30.1 Å². The first-order valence-corrected chi connectivity index (χ1v) is 7.80. The Morgan fingerprint density at radius 2 is 1.86 bits per heavy atom. The summed E-state index contributed by atoms with van der Waals surface area (Å²) in [6.07, 6.45) is 0.973. The fraction of sp³-hybridized carbons (Fsp3) is 0.625. The topological polar surface area (TPSA) is 38.7 Å². The Kier molecular flexibility index (Phi) is 6.42. The Morgan fingerprint density at radius 1 is 1.19 bits per heavy atom. The SMILES string of the molecule is CCNC(CO)CCN1CCN(c2ccc(F)cc2)CC1. The van der Waals surface area contributed by atoms with Crippen LogP contribution in [0.15, 0.2) is 24.3 Å². The number of halogens is 1. The molecule has 0 radical (unpaired) electrons. The van der Waals surface area contributed by atoms with Gasteiger partial charge in [0.05, 0.1) is 6.61 Å². The maximum atomic E-state index is 12.9. The first-order chi connectivity index (χ1) is 10.2. The van der Waals surface area contributed by atoms with E-state index in [-0.39, 0.29) is 18.5 Å². The molecule has 0 aliphatic carbocycles. The van der Waals surface area contributed by atoms with E-state index in [4.69, 9.17) is 0 Å². The van der Waals surface area contributed by atoms with E-state index in [2.05, 4.69) is 22.0 Å². The van der Waals surface area contributed by atoms with Crippen molar-refractivity contribution in [3.63, 3.8) is 0 Å². The van der Waals surface area contributed by atoms with Gasteiger partial charge in [0.15, 0.2) is 0 Å². The largest absolute Gasteiger partial charge is 0.395 e. The lowest BCUT2D eigenvalue weighted by Crippen LogP contribution is -2.47. The summed E-state index contributed by atoms with van der Waals surface area (Å²) in [5.41, 5.74) is 1.09. The van der Waals surface area contributed by atoms with E-state index in [1.54, 1.807) is 0 Å². The Morgan fingerprint density at radius 3 is 2.43 bits per heavy atom. The van der Waals surface area contributed by atoms with Gasteiger partial charge in [0.25, 0.3) is 0 Å². The minimum Gasteiger partial charge on any atom is -0.395 e. The van der Waals surface area contributed by atoms with E-state index in [0.29, 0.717) is 0 Å². The van der Waals surface area contributed by atoms with Crippen molar-refractivity contribution in [3.8, 4) is 0 Å².